The molecule has 11 heteroatoms. The third-order valence-electron chi connectivity index (χ3n) is 17.2. The zero-order chi connectivity index (χ0) is 40.1. The molecule has 2 bridgehead atoms. The Morgan fingerprint density at radius 3 is 2.42 bits per heavy atom. The number of aromatic nitrogens is 4. The van der Waals surface area contributed by atoms with Crippen molar-refractivity contribution in [2.75, 3.05) is 19.8 Å². The maximum absolute atomic E-state index is 12.5. The molecular weight excluding hydrogens is 695 g/mol. The Balaban J connectivity index is 1.35. The number of fused-ring (bicyclic) bond motifs is 3. The highest BCUT2D eigenvalue weighted by Gasteiger charge is 2.72. The van der Waals surface area contributed by atoms with E-state index in [2.05, 4.69) is 86.9 Å². The molecule has 0 aromatic carbocycles. The van der Waals surface area contributed by atoms with Crippen LogP contribution in [0.1, 0.15) is 121 Å². The van der Waals surface area contributed by atoms with Crippen LogP contribution < -0.4 is 10.5 Å². The Morgan fingerprint density at radius 1 is 1.09 bits per heavy atom. The van der Waals surface area contributed by atoms with Crippen molar-refractivity contribution in [3.63, 3.8) is 0 Å². The number of hydrogen-bond acceptors (Lipinski definition) is 8. The van der Waals surface area contributed by atoms with Crippen LogP contribution in [-0.4, -0.2) is 63.6 Å². The van der Waals surface area contributed by atoms with E-state index in [0.29, 0.717) is 37.5 Å². The molecule has 0 radical (unpaired) electrons. The molecule has 7 rings (SSSR count). The molecule has 0 unspecified atom stereocenters. The highest BCUT2D eigenvalue weighted by atomic mass is 16.7. The van der Waals surface area contributed by atoms with Crippen LogP contribution in [0.15, 0.2) is 42.5 Å². The molecule has 4 fully saturated rings. The van der Waals surface area contributed by atoms with E-state index in [4.69, 9.17) is 30.0 Å². The van der Waals surface area contributed by atoms with E-state index in [1.54, 1.807) is 18.5 Å². The molecule has 12 atom stereocenters. The first-order valence-electron chi connectivity index (χ1n) is 20.7. The van der Waals surface area contributed by atoms with E-state index < -0.39 is 17.8 Å². The smallest absolute Gasteiger partial charge is 0.506 e. The van der Waals surface area contributed by atoms with E-state index in [0.717, 1.165) is 48.8 Å². The lowest BCUT2D eigenvalue weighted by molar-refractivity contribution is -0.605. The first-order chi connectivity index (χ1) is 25.6. The molecule has 3 saturated carbocycles. The maximum Gasteiger partial charge on any atom is 0.506 e. The number of allylic oxidation sites excluding steroid dienone is 1. The Hall–Kier alpha value is -3.02. The van der Waals surface area contributed by atoms with Crippen molar-refractivity contribution in [1.29, 1.82) is 0 Å². The van der Waals surface area contributed by atoms with Gasteiger partial charge in [-0.1, -0.05) is 80.9 Å². The number of carboxylic acid groups (broad SMARTS) is 1. The summed E-state index contributed by atoms with van der Waals surface area (Å²) in [5, 5.41) is 27.2. The number of pyridine rings is 1. The lowest BCUT2D eigenvalue weighted by atomic mass is 9.35. The molecule has 0 spiro atoms. The van der Waals surface area contributed by atoms with Crippen molar-refractivity contribution in [2.45, 2.75) is 138 Å². The lowest BCUT2D eigenvalue weighted by Gasteiger charge is -2.71. The van der Waals surface area contributed by atoms with Gasteiger partial charge >= 0.3 is 6.16 Å². The molecule has 3 heterocycles. The van der Waals surface area contributed by atoms with Crippen molar-refractivity contribution >= 4 is 6.16 Å². The summed E-state index contributed by atoms with van der Waals surface area (Å²) < 4.78 is 22.9. The highest BCUT2D eigenvalue weighted by molar-refractivity contribution is 5.57. The fourth-order valence-electron chi connectivity index (χ4n) is 12.6. The molecule has 304 valence electrons. The quantitative estimate of drug-likeness (QED) is 0.117. The number of rotatable bonds is 8. The van der Waals surface area contributed by atoms with Gasteiger partial charge in [-0.2, -0.15) is 9.83 Å². The molecule has 4 aliphatic carbocycles. The molecule has 11 nitrogen and oxygen atoms in total. The molecule has 2 aromatic rings. The standard InChI is InChI=1S/C44H67N5O6/c1-27(2)28(3)39(7)18-19-41(9)30-12-13-33-40(8)23-53-25-44(33,31(30)14-17-42(41,10)36(39)55-37(50)51)22-32(34(40)54-24-43(11,45)38(4,5)6)49-35(46-26-47-49)29-15-20-48(52)21-16-29/h14-16,20-21,26-28,30,32-34,36H,12-13,17-19,22-25,45H2,1-11H3,(H,50,51)/t28-,30+,32-,33+,34+,36-,39-,40-,41-,42-,43+,44+/m1/s1. The summed E-state index contributed by atoms with van der Waals surface area (Å²) in [6.07, 6.45) is 10.7. The predicted octanol–water partition coefficient (Wildman–Crippen LogP) is 8.22. The summed E-state index contributed by atoms with van der Waals surface area (Å²) in [7, 11) is 0. The molecule has 0 amide bonds. The Bertz CT molecular complexity index is 1800. The largest absolute Gasteiger partial charge is 0.619 e. The molecule has 3 N–H and O–H groups in total. The molecule has 2 aromatic heterocycles. The third kappa shape index (κ3) is 5.90. The van der Waals surface area contributed by atoms with Gasteiger partial charge in [-0.15, -0.1) is 0 Å². The third-order valence-corrected chi connectivity index (χ3v) is 17.2. The molecule has 55 heavy (non-hydrogen) atoms. The van der Waals surface area contributed by atoms with Gasteiger partial charge in [0.05, 0.1) is 32.0 Å². The first kappa shape index (κ1) is 40.2. The fraction of sp³-hybridized carbons (Fsp3) is 0.773. The van der Waals surface area contributed by atoms with Gasteiger partial charge < -0.3 is 30.3 Å². The minimum absolute atomic E-state index is 0.186. The lowest BCUT2D eigenvalue weighted by Crippen LogP contribution is -2.70. The molecule has 1 aliphatic heterocycles. The SMILES string of the molecule is CC(C)[C@@H](C)[C@@]1(C)CC[C@]2(C)[C@H]3CC[C@@H]4[C@@]5(COC[C@@]4(C)[C@@H](OC[C@](C)(N)C(C)(C)C)[C@H](n4ncnc4-c4cc[n+]([O-])cc4)C5)C3=CC[C@]2(C)[C@@H]1OC(=O)O. The van der Waals surface area contributed by atoms with Gasteiger partial charge in [0.15, 0.2) is 18.2 Å². The number of nitrogens with two attached hydrogens (primary N) is 1. The topological polar surface area (TPSA) is 149 Å². The summed E-state index contributed by atoms with van der Waals surface area (Å²) >= 11 is 0. The van der Waals surface area contributed by atoms with Crippen LogP contribution in [0.5, 0.6) is 0 Å². The second kappa shape index (κ2) is 13.3. The van der Waals surface area contributed by atoms with Crippen LogP contribution in [-0.2, 0) is 14.2 Å². The van der Waals surface area contributed by atoms with Gasteiger partial charge in [-0.3, -0.25) is 0 Å². The van der Waals surface area contributed by atoms with Crippen LogP contribution in [0.4, 0.5) is 4.79 Å². The van der Waals surface area contributed by atoms with Crippen molar-refractivity contribution in [3.8, 4) is 11.4 Å². The summed E-state index contributed by atoms with van der Waals surface area (Å²) in [6.45, 7) is 26.3. The average Bonchev–Trinajstić information content (AvgIpc) is 3.59. The zero-order valence-corrected chi connectivity index (χ0v) is 35.2. The number of carbonyl (C=O) groups is 1. The Labute approximate surface area is 328 Å². The van der Waals surface area contributed by atoms with E-state index >= 15 is 0 Å². The van der Waals surface area contributed by atoms with Crippen molar-refractivity contribution in [3.05, 3.63) is 47.7 Å². The Morgan fingerprint density at radius 2 is 1.78 bits per heavy atom. The van der Waals surface area contributed by atoms with Crippen molar-refractivity contribution < 1.29 is 28.8 Å². The van der Waals surface area contributed by atoms with E-state index in [1.807, 2.05) is 0 Å². The second-order valence-electron chi connectivity index (χ2n) is 21.0. The highest BCUT2D eigenvalue weighted by Crippen LogP contribution is 2.74. The van der Waals surface area contributed by atoms with Gasteiger partial charge in [-0.05, 0) is 80.0 Å². The summed E-state index contributed by atoms with van der Waals surface area (Å²) in [4.78, 5) is 17.3. The van der Waals surface area contributed by atoms with E-state index in [-0.39, 0.29) is 56.5 Å². The van der Waals surface area contributed by atoms with Crippen LogP contribution in [0, 0.1) is 61.4 Å². The summed E-state index contributed by atoms with van der Waals surface area (Å²) in [5.41, 5.74) is 7.00. The van der Waals surface area contributed by atoms with E-state index in [1.165, 1.54) is 18.0 Å². The second-order valence-corrected chi connectivity index (χ2v) is 21.0. The van der Waals surface area contributed by atoms with Crippen LogP contribution in [0.25, 0.3) is 11.4 Å². The fourth-order valence-corrected chi connectivity index (χ4v) is 12.6. The maximum atomic E-state index is 12.5. The molecular formula is C44H67N5O6. The summed E-state index contributed by atoms with van der Waals surface area (Å²) in [5.74, 6) is 1.93. The minimum Gasteiger partial charge on any atom is -0.619 e. The van der Waals surface area contributed by atoms with Gasteiger partial charge in [0.1, 0.15) is 12.4 Å². The number of ether oxygens (including phenoxy) is 3. The Kier molecular flexibility index (Phi) is 9.69. The average molecular weight is 762 g/mol. The van der Waals surface area contributed by atoms with E-state index in [9.17, 15) is 15.1 Å². The van der Waals surface area contributed by atoms with Crippen LogP contribution in [0.2, 0.25) is 0 Å². The van der Waals surface area contributed by atoms with Gasteiger partial charge in [-0.25, -0.2) is 14.5 Å². The van der Waals surface area contributed by atoms with Crippen LogP contribution in [0.3, 0.4) is 0 Å². The molecule has 1 saturated heterocycles. The first-order valence-corrected chi connectivity index (χ1v) is 20.7. The monoisotopic (exact) mass is 762 g/mol. The molecule has 5 aliphatic rings. The van der Waals surface area contributed by atoms with Crippen molar-refractivity contribution in [2.24, 2.45) is 61.9 Å². The van der Waals surface area contributed by atoms with Crippen molar-refractivity contribution in [1.82, 2.24) is 14.8 Å². The zero-order valence-electron chi connectivity index (χ0n) is 35.2. The summed E-state index contributed by atoms with van der Waals surface area (Å²) in [6, 6.07) is 3.40. The normalized spacial score (nSPS) is 40.2. The van der Waals surface area contributed by atoms with Crippen LogP contribution >= 0.6 is 0 Å². The number of nitrogens with zero attached hydrogens (tertiary/aromatic N) is 4. The predicted molar refractivity (Wildman–Crippen MR) is 211 cm³/mol. The van der Waals surface area contributed by atoms with Gasteiger partial charge in [0.2, 0.25) is 0 Å². The van der Waals surface area contributed by atoms with Gasteiger partial charge in [0.25, 0.3) is 0 Å². The van der Waals surface area contributed by atoms with Gasteiger partial charge in [0, 0.05) is 44.9 Å². The number of hydrogen-bond donors (Lipinski definition) is 2. The minimum atomic E-state index is -1.18.